The predicted octanol–water partition coefficient (Wildman–Crippen LogP) is 6.52. The summed E-state index contributed by atoms with van der Waals surface area (Å²) >= 11 is 0. The molecule has 0 saturated carbocycles. The van der Waals surface area contributed by atoms with Crippen molar-refractivity contribution in [2.45, 2.75) is 92.9 Å². The number of carboxylic acids is 1. The number of rotatable bonds is 5. The van der Waals surface area contributed by atoms with E-state index in [1.165, 1.54) is 0 Å². The van der Waals surface area contributed by atoms with Crippen LogP contribution in [0.2, 0.25) is 0 Å². The SMILES string of the molecule is CC(C)(C)CC(C)(C)c1cc(C(=O)O)c(O)c(C(C)(C)CC(C)(C)C)c1.[Zn]. The Labute approximate surface area is 178 Å². The van der Waals surface area contributed by atoms with Crippen LogP contribution in [0.3, 0.4) is 0 Å². The summed E-state index contributed by atoms with van der Waals surface area (Å²) in [6, 6.07) is 3.68. The third-order valence-corrected chi connectivity index (χ3v) is 4.80. The molecule has 1 aromatic carbocycles. The second-order valence-electron chi connectivity index (χ2n) is 11.5. The Balaban J connectivity index is 0.00000676. The maximum absolute atomic E-state index is 11.8. The fraction of sp³-hybridized carbons (Fsp3) is 0.696. The van der Waals surface area contributed by atoms with E-state index in [9.17, 15) is 15.0 Å². The molecule has 27 heavy (non-hydrogen) atoms. The summed E-state index contributed by atoms with van der Waals surface area (Å²) in [5.74, 6) is -1.18. The molecule has 0 amide bonds. The Bertz CT molecular complexity index is 674. The number of aromatic carboxylic acids is 1. The summed E-state index contributed by atoms with van der Waals surface area (Å²) in [5.41, 5.74) is 1.36. The number of hydrogen-bond donors (Lipinski definition) is 2. The summed E-state index contributed by atoms with van der Waals surface area (Å²) in [7, 11) is 0. The van der Waals surface area contributed by atoms with Gasteiger partial charge in [0.15, 0.2) is 0 Å². The monoisotopic (exact) mass is 426 g/mol. The zero-order valence-corrected chi connectivity index (χ0v) is 22.0. The molecule has 0 saturated heterocycles. The van der Waals surface area contributed by atoms with E-state index >= 15 is 0 Å². The average molecular weight is 428 g/mol. The normalized spacial score (nSPS) is 13.3. The van der Waals surface area contributed by atoms with Crippen LogP contribution in [0, 0.1) is 10.8 Å². The maximum atomic E-state index is 11.8. The Morgan fingerprint density at radius 3 is 1.59 bits per heavy atom. The van der Waals surface area contributed by atoms with Crippen molar-refractivity contribution in [1.29, 1.82) is 0 Å². The standard InChI is InChI=1S/C23H38O3.Zn/c1-20(2,3)13-22(7,8)15-11-16(19(25)26)18(24)17(12-15)23(9,10)14-21(4,5)6;/h11-12,24H,13-14H2,1-10H3,(H,25,26);. The predicted molar refractivity (Wildman–Crippen MR) is 109 cm³/mol. The van der Waals surface area contributed by atoms with Crippen LogP contribution in [0.5, 0.6) is 5.75 Å². The largest absolute Gasteiger partial charge is 0.507 e. The van der Waals surface area contributed by atoms with Crippen molar-refractivity contribution >= 4 is 5.97 Å². The van der Waals surface area contributed by atoms with Gasteiger partial charge in [0.2, 0.25) is 0 Å². The summed E-state index contributed by atoms with van der Waals surface area (Å²) in [4.78, 5) is 11.8. The van der Waals surface area contributed by atoms with E-state index < -0.39 is 5.97 Å². The molecule has 0 fully saturated rings. The Kier molecular flexibility index (Phi) is 7.96. The molecule has 150 valence electrons. The van der Waals surface area contributed by atoms with Gasteiger partial charge in [0.1, 0.15) is 11.3 Å². The number of carbonyl (C=O) groups is 1. The van der Waals surface area contributed by atoms with Gasteiger partial charge >= 0.3 is 5.97 Å². The first-order valence-corrected chi connectivity index (χ1v) is 9.47. The second kappa shape index (κ2) is 8.23. The maximum Gasteiger partial charge on any atom is 0.339 e. The van der Waals surface area contributed by atoms with Crippen molar-refractivity contribution < 1.29 is 34.5 Å². The van der Waals surface area contributed by atoms with Crippen LogP contribution in [0.15, 0.2) is 12.1 Å². The molecule has 2 N–H and O–H groups in total. The minimum Gasteiger partial charge on any atom is -0.507 e. The Morgan fingerprint density at radius 1 is 0.815 bits per heavy atom. The van der Waals surface area contributed by atoms with Gasteiger partial charge in [0.25, 0.3) is 0 Å². The van der Waals surface area contributed by atoms with Crippen molar-refractivity contribution in [1.82, 2.24) is 0 Å². The quantitative estimate of drug-likeness (QED) is 0.526. The van der Waals surface area contributed by atoms with Crippen LogP contribution >= 0.6 is 0 Å². The molecule has 0 aliphatic carbocycles. The molecule has 0 bridgehead atoms. The van der Waals surface area contributed by atoms with Crippen LogP contribution in [0.1, 0.15) is 104 Å². The van der Waals surface area contributed by atoms with Gasteiger partial charge in [-0.05, 0) is 46.1 Å². The van der Waals surface area contributed by atoms with Gasteiger partial charge < -0.3 is 10.2 Å². The minimum absolute atomic E-state index is 0. The third-order valence-electron chi connectivity index (χ3n) is 4.80. The van der Waals surface area contributed by atoms with Gasteiger partial charge in [-0.3, -0.25) is 0 Å². The molecule has 3 nitrogen and oxygen atoms in total. The molecule has 0 aliphatic heterocycles. The zero-order chi connectivity index (χ0) is 20.7. The Hall–Kier alpha value is -0.887. The molecular formula is C23H38O3Zn. The summed E-state index contributed by atoms with van der Waals surface area (Å²) in [5, 5.41) is 20.4. The van der Waals surface area contributed by atoms with Gasteiger partial charge in [-0.25, -0.2) is 4.79 Å². The molecule has 0 unspecified atom stereocenters. The topological polar surface area (TPSA) is 57.5 Å². The van der Waals surface area contributed by atoms with E-state index in [0.717, 1.165) is 24.0 Å². The molecule has 1 rings (SSSR count). The molecule has 0 radical (unpaired) electrons. The van der Waals surface area contributed by atoms with E-state index in [1.54, 1.807) is 6.07 Å². The van der Waals surface area contributed by atoms with Crippen LogP contribution in [-0.4, -0.2) is 16.2 Å². The van der Waals surface area contributed by atoms with Crippen molar-refractivity contribution in [3.05, 3.63) is 28.8 Å². The van der Waals surface area contributed by atoms with Gasteiger partial charge in [-0.15, -0.1) is 0 Å². The van der Waals surface area contributed by atoms with Crippen molar-refractivity contribution in [2.24, 2.45) is 10.8 Å². The fourth-order valence-corrected chi connectivity index (χ4v) is 4.55. The summed E-state index contributed by atoms with van der Waals surface area (Å²) in [6.07, 6.45) is 1.76. The van der Waals surface area contributed by atoms with Crippen molar-refractivity contribution in [3.8, 4) is 5.75 Å². The summed E-state index contributed by atoms with van der Waals surface area (Å²) in [6.45, 7) is 21.5. The first-order valence-electron chi connectivity index (χ1n) is 9.47. The second-order valence-corrected chi connectivity index (χ2v) is 11.5. The third kappa shape index (κ3) is 7.22. The molecule has 4 heteroatoms. The van der Waals surface area contributed by atoms with Gasteiger partial charge in [-0.1, -0.05) is 75.3 Å². The zero-order valence-electron chi connectivity index (χ0n) is 19.1. The first-order chi connectivity index (χ1) is 11.4. The number of phenols is 1. The summed E-state index contributed by atoms with van der Waals surface area (Å²) < 4.78 is 0. The van der Waals surface area contributed by atoms with E-state index in [-0.39, 0.29) is 52.5 Å². The van der Waals surface area contributed by atoms with Crippen LogP contribution in [0.4, 0.5) is 0 Å². The van der Waals surface area contributed by atoms with Crippen molar-refractivity contribution in [2.75, 3.05) is 0 Å². The molecule has 0 atom stereocenters. The van der Waals surface area contributed by atoms with Crippen LogP contribution in [0.25, 0.3) is 0 Å². The van der Waals surface area contributed by atoms with E-state index in [2.05, 4.69) is 69.2 Å². The number of hydrogen-bond acceptors (Lipinski definition) is 2. The Morgan fingerprint density at radius 2 is 1.22 bits per heavy atom. The van der Waals surface area contributed by atoms with Gasteiger partial charge in [-0.2, -0.15) is 0 Å². The van der Waals surface area contributed by atoms with Gasteiger partial charge in [0.05, 0.1) is 0 Å². The number of benzene rings is 1. The first kappa shape index (κ1) is 26.1. The van der Waals surface area contributed by atoms with Crippen molar-refractivity contribution in [3.63, 3.8) is 0 Å². The van der Waals surface area contributed by atoms with Crippen LogP contribution in [-0.2, 0) is 30.3 Å². The fourth-order valence-electron chi connectivity index (χ4n) is 4.55. The molecule has 0 aromatic heterocycles. The molecular weight excluding hydrogens is 390 g/mol. The van der Waals surface area contributed by atoms with Crippen LogP contribution < -0.4 is 0 Å². The number of aromatic hydroxyl groups is 1. The molecule has 0 spiro atoms. The molecule has 0 aliphatic rings. The van der Waals surface area contributed by atoms with E-state index in [0.29, 0.717) is 0 Å². The van der Waals surface area contributed by atoms with E-state index in [4.69, 9.17) is 0 Å². The smallest absolute Gasteiger partial charge is 0.339 e. The average Bonchev–Trinajstić information content (AvgIpc) is 2.31. The van der Waals surface area contributed by atoms with Gasteiger partial charge in [0, 0.05) is 25.0 Å². The molecule has 1 aromatic rings. The van der Waals surface area contributed by atoms with E-state index in [1.807, 2.05) is 6.07 Å². The number of carboxylic acid groups (broad SMARTS) is 1. The minimum atomic E-state index is -1.08. The molecule has 0 heterocycles.